The van der Waals surface area contributed by atoms with Crippen LogP contribution < -0.4 is 5.73 Å². The molecule has 3 rings (SSSR count). The number of benzene rings is 2. The Morgan fingerprint density at radius 1 is 1.12 bits per heavy atom. The molecule has 1 aliphatic rings. The summed E-state index contributed by atoms with van der Waals surface area (Å²) in [6, 6.07) is 19.0. The Morgan fingerprint density at radius 3 is 2.42 bits per heavy atom. The molecule has 0 bridgehead atoms. The Morgan fingerprint density at radius 2 is 1.81 bits per heavy atom. The largest absolute Gasteiger partial charge is 0.339 e. The molecular formula is C22H29N3O. The van der Waals surface area contributed by atoms with Crippen molar-refractivity contribution in [3.05, 3.63) is 71.3 Å². The summed E-state index contributed by atoms with van der Waals surface area (Å²) in [6.07, 6.45) is 2.02. The zero-order valence-corrected chi connectivity index (χ0v) is 15.8. The molecule has 0 aromatic heterocycles. The maximum Gasteiger partial charge on any atom is 0.253 e. The van der Waals surface area contributed by atoms with Gasteiger partial charge in [-0.15, -0.1) is 0 Å². The minimum absolute atomic E-state index is 0.0993. The summed E-state index contributed by atoms with van der Waals surface area (Å²) in [5, 5.41) is 0. The van der Waals surface area contributed by atoms with Crippen molar-refractivity contribution in [2.24, 2.45) is 5.73 Å². The lowest BCUT2D eigenvalue weighted by atomic mass is 9.96. The van der Waals surface area contributed by atoms with Crippen LogP contribution in [0.15, 0.2) is 54.6 Å². The van der Waals surface area contributed by atoms with Crippen LogP contribution in [-0.4, -0.2) is 41.4 Å². The summed E-state index contributed by atoms with van der Waals surface area (Å²) < 4.78 is 0. The van der Waals surface area contributed by atoms with Crippen LogP contribution in [0.2, 0.25) is 0 Å². The molecule has 2 atom stereocenters. The number of carbonyl (C=O) groups excluding carboxylic acids is 1. The van der Waals surface area contributed by atoms with Gasteiger partial charge in [0.2, 0.25) is 0 Å². The SMILES string of the molecule is CC1CC(N(C)C(=O)c2ccc(CN)cc2)CCN1Cc1ccccc1. The van der Waals surface area contributed by atoms with Crippen molar-refractivity contribution in [1.29, 1.82) is 0 Å². The molecule has 4 nitrogen and oxygen atoms in total. The number of hydrogen-bond acceptors (Lipinski definition) is 3. The van der Waals surface area contributed by atoms with Gasteiger partial charge in [0.05, 0.1) is 0 Å². The predicted octanol–water partition coefficient (Wildman–Crippen LogP) is 3.27. The molecule has 1 heterocycles. The topological polar surface area (TPSA) is 49.6 Å². The number of nitrogens with two attached hydrogens (primary N) is 1. The van der Waals surface area contributed by atoms with Crippen LogP contribution in [0.3, 0.4) is 0 Å². The van der Waals surface area contributed by atoms with Gasteiger partial charge >= 0.3 is 0 Å². The number of carbonyl (C=O) groups is 1. The molecule has 0 aliphatic carbocycles. The first kappa shape index (κ1) is 18.6. The Balaban J connectivity index is 1.59. The third-order valence-corrected chi connectivity index (χ3v) is 5.52. The predicted molar refractivity (Wildman–Crippen MR) is 106 cm³/mol. The van der Waals surface area contributed by atoms with E-state index in [1.54, 1.807) is 0 Å². The normalized spacial score (nSPS) is 20.7. The molecule has 138 valence electrons. The zero-order chi connectivity index (χ0) is 18.5. The minimum atomic E-state index is 0.0993. The molecule has 0 spiro atoms. The smallest absolute Gasteiger partial charge is 0.253 e. The lowest BCUT2D eigenvalue weighted by Crippen LogP contribution is -2.49. The quantitative estimate of drug-likeness (QED) is 0.899. The first-order valence-electron chi connectivity index (χ1n) is 9.42. The van der Waals surface area contributed by atoms with E-state index < -0.39 is 0 Å². The van der Waals surface area contributed by atoms with Crippen LogP contribution in [0.4, 0.5) is 0 Å². The molecule has 1 fully saturated rings. The lowest BCUT2D eigenvalue weighted by molar-refractivity contribution is 0.0538. The molecule has 1 saturated heterocycles. The standard InChI is InChI=1S/C22H29N3O/c1-17-14-21(12-13-25(17)16-19-6-4-3-5-7-19)24(2)22(26)20-10-8-18(15-23)9-11-20/h3-11,17,21H,12-16,23H2,1-2H3. The van der Waals surface area contributed by atoms with Crippen LogP contribution in [0.25, 0.3) is 0 Å². The van der Waals surface area contributed by atoms with Gasteiger partial charge in [0.25, 0.3) is 5.91 Å². The summed E-state index contributed by atoms with van der Waals surface area (Å²) in [5.41, 5.74) is 8.77. The van der Waals surface area contributed by atoms with E-state index in [1.165, 1.54) is 5.56 Å². The molecule has 2 unspecified atom stereocenters. The third-order valence-electron chi connectivity index (χ3n) is 5.52. The number of likely N-dealkylation sites (tertiary alicyclic amines) is 1. The fourth-order valence-corrected chi connectivity index (χ4v) is 3.75. The molecule has 1 aliphatic heterocycles. The van der Waals surface area contributed by atoms with Crippen LogP contribution in [0.5, 0.6) is 0 Å². The summed E-state index contributed by atoms with van der Waals surface area (Å²) >= 11 is 0. The van der Waals surface area contributed by atoms with Crippen molar-refractivity contribution in [2.45, 2.75) is 44.9 Å². The summed E-state index contributed by atoms with van der Waals surface area (Å²) in [7, 11) is 1.93. The number of piperidine rings is 1. The van der Waals surface area contributed by atoms with Gasteiger partial charge in [-0.3, -0.25) is 9.69 Å². The molecule has 4 heteroatoms. The second-order valence-corrected chi connectivity index (χ2v) is 7.30. The van der Waals surface area contributed by atoms with Crippen molar-refractivity contribution in [3.63, 3.8) is 0 Å². The summed E-state index contributed by atoms with van der Waals surface area (Å²) in [6.45, 7) is 4.77. The van der Waals surface area contributed by atoms with E-state index in [1.807, 2.05) is 36.2 Å². The highest BCUT2D eigenvalue weighted by Gasteiger charge is 2.30. The highest BCUT2D eigenvalue weighted by Crippen LogP contribution is 2.24. The minimum Gasteiger partial charge on any atom is -0.339 e. The molecule has 2 N–H and O–H groups in total. The van der Waals surface area contributed by atoms with Gasteiger partial charge in [-0.2, -0.15) is 0 Å². The Kier molecular flexibility index (Phi) is 6.07. The lowest BCUT2D eigenvalue weighted by Gasteiger charge is -2.41. The zero-order valence-electron chi connectivity index (χ0n) is 15.8. The number of hydrogen-bond donors (Lipinski definition) is 1. The first-order chi connectivity index (χ1) is 12.6. The monoisotopic (exact) mass is 351 g/mol. The van der Waals surface area contributed by atoms with Crippen LogP contribution in [-0.2, 0) is 13.1 Å². The van der Waals surface area contributed by atoms with Gasteiger partial charge in [0.15, 0.2) is 0 Å². The van der Waals surface area contributed by atoms with E-state index in [0.717, 1.165) is 37.1 Å². The molecule has 2 aromatic carbocycles. The van der Waals surface area contributed by atoms with E-state index >= 15 is 0 Å². The average Bonchev–Trinajstić information content (AvgIpc) is 2.69. The third kappa shape index (κ3) is 4.32. The molecular weight excluding hydrogens is 322 g/mol. The van der Waals surface area contributed by atoms with Crippen molar-refractivity contribution in [2.75, 3.05) is 13.6 Å². The van der Waals surface area contributed by atoms with E-state index in [0.29, 0.717) is 18.6 Å². The maximum atomic E-state index is 12.8. The fraction of sp³-hybridized carbons (Fsp3) is 0.409. The van der Waals surface area contributed by atoms with E-state index in [9.17, 15) is 4.79 Å². The van der Waals surface area contributed by atoms with Gasteiger partial charge in [-0.1, -0.05) is 42.5 Å². The fourth-order valence-electron chi connectivity index (χ4n) is 3.75. The van der Waals surface area contributed by atoms with Crippen LogP contribution >= 0.6 is 0 Å². The Bertz CT molecular complexity index is 714. The van der Waals surface area contributed by atoms with E-state index in [4.69, 9.17) is 5.73 Å². The van der Waals surface area contributed by atoms with Crippen molar-refractivity contribution in [1.82, 2.24) is 9.80 Å². The van der Waals surface area contributed by atoms with Gasteiger partial charge in [-0.25, -0.2) is 0 Å². The van der Waals surface area contributed by atoms with E-state index in [2.05, 4.69) is 42.2 Å². The van der Waals surface area contributed by atoms with Gasteiger partial charge in [0.1, 0.15) is 0 Å². The molecule has 0 saturated carbocycles. The molecule has 1 amide bonds. The number of amides is 1. The van der Waals surface area contributed by atoms with Gasteiger partial charge in [-0.05, 0) is 43.0 Å². The van der Waals surface area contributed by atoms with E-state index in [-0.39, 0.29) is 5.91 Å². The average molecular weight is 351 g/mol. The van der Waals surface area contributed by atoms with Gasteiger partial charge in [0, 0.05) is 44.3 Å². The summed E-state index contributed by atoms with van der Waals surface area (Å²) in [4.78, 5) is 17.2. The number of nitrogens with zero attached hydrogens (tertiary/aromatic N) is 2. The first-order valence-corrected chi connectivity index (χ1v) is 9.42. The van der Waals surface area contributed by atoms with Gasteiger partial charge < -0.3 is 10.6 Å². The second kappa shape index (κ2) is 8.47. The Hall–Kier alpha value is -2.17. The highest BCUT2D eigenvalue weighted by atomic mass is 16.2. The van der Waals surface area contributed by atoms with Crippen LogP contribution in [0.1, 0.15) is 41.3 Å². The Labute approximate surface area is 156 Å². The second-order valence-electron chi connectivity index (χ2n) is 7.30. The van der Waals surface area contributed by atoms with Crippen molar-refractivity contribution < 1.29 is 4.79 Å². The van der Waals surface area contributed by atoms with Crippen molar-refractivity contribution >= 4 is 5.91 Å². The van der Waals surface area contributed by atoms with Crippen molar-refractivity contribution in [3.8, 4) is 0 Å². The molecule has 2 aromatic rings. The summed E-state index contributed by atoms with van der Waals surface area (Å²) in [5.74, 6) is 0.0993. The molecule has 26 heavy (non-hydrogen) atoms. The maximum absolute atomic E-state index is 12.8. The van der Waals surface area contributed by atoms with Crippen LogP contribution in [0, 0.1) is 0 Å². The number of rotatable bonds is 5. The highest BCUT2D eigenvalue weighted by molar-refractivity contribution is 5.94. The molecule has 0 radical (unpaired) electrons.